The average molecular weight is 428 g/mol. The number of aldehydes is 1. The lowest BCUT2D eigenvalue weighted by molar-refractivity contribution is -0.870. The zero-order chi connectivity index (χ0) is 16.2. The van der Waals surface area contributed by atoms with Crippen LogP contribution in [0.15, 0.2) is 30.3 Å². The second kappa shape index (κ2) is 8.49. The van der Waals surface area contributed by atoms with Crippen LogP contribution in [0.3, 0.4) is 0 Å². The first kappa shape index (κ1) is 19.7. The minimum Gasteiger partial charge on any atom is -1.00 e. The van der Waals surface area contributed by atoms with E-state index in [1.54, 1.807) is 7.11 Å². The van der Waals surface area contributed by atoms with E-state index in [9.17, 15) is 4.79 Å². The highest BCUT2D eigenvalue weighted by Crippen LogP contribution is 2.24. The molecule has 126 valence electrons. The van der Waals surface area contributed by atoms with Crippen LogP contribution in [0.4, 0.5) is 0 Å². The van der Waals surface area contributed by atoms with Gasteiger partial charge in [-0.1, -0.05) is 0 Å². The Hall–Kier alpha value is -1.34. The highest BCUT2D eigenvalue weighted by molar-refractivity contribution is 5.78. The van der Waals surface area contributed by atoms with Crippen LogP contribution >= 0.6 is 0 Å². The summed E-state index contributed by atoms with van der Waals surface area (Å²) >= 11 is 0. The number of aromatic amines is 1. The maximum atomic E-state index is 11.3. The fraction of sp³-hybridized carbons (Fsp3) is 0.389. The molecule has 2 rings (SSSR count). The Morgan fingerprint density at radius 3 is 2.35 bits per heavy atom. The van der Waals surface area contributed by atoms with Gasteiger partial charge in [-0.2, -0.15) is 0 Å². The smallest absolute Gasteiger partial charge is 0.166 e. The van der Waals surface area contributed by atoms with Gasteiger partial charge in [0.1, 0.15) is 5.75 Å². The Morgan fingerprint density at radius 1 is 1.17 bits per heavy atom. The predicted octanol–water partition coefficient (Wildman–Crippen LogP) is 0.146. The zero-order valence-electron chi connectivity index (χ0n) is 14.2. The number of halogens is 1. The molecule has 0 bridgehead atoms. The van der Waals surface area contributed by atoms with E-state index in [0.29, 0.717) is 5.69 Å². The lowest BCUT2D eigenvalue weighted by Gasteiger charge is -2.23. The first-order valence-corrected chi connectivity index (χ1v) is 7.55. The van der Waals surface area contributed by atoms with Gasteiger partial charge >= 0.3 is 0 Å². The van der Waals surface area contributed by atoms with E-state index in [2.05, 4.69) is 32.2 Å². The van der Waals surface area contributed by atoms with E-state index >= 15 is 0 Å². The van der Waals surface area contributed by atoms with Crippen molar-refractivity contribution in [2.75, 3.05) is 34.8 Å². The van der Waals surface area contributed by atoms with Crippen molar-refractivity contribution in [2.24, 2.45) is 0 Å². The first-order chi connectivity index (χ1) is 10.4. The minimum atomic E-state index is 0. The third kappa shape index (κ3) is 5.66. The summed E-state index contributed by atoms with van der Waals surface area (Å²) in [7, 11) is 8.20. The summed E-state index contributed by atoms with van der Waals surface area (Å²) < 4.78 is 6.11. The van der Waals surface area contributed by atoms with Crippen LogP contribution in [0.25, 0.3) is 11.3 Å². The summed E-state index contributed by atoms with van der Waals surface area (Å²) in [6, 6.07) is 9.92. The van der Waals surface area contributed by atoms with Crippen LogP contribution in [0, 0.1) is 0 Å². The maximum Gasteiger partial charge on any atom is 0.166 e. The van der Waals surface area contributed by atoms with Gasteiger partial charge in [-0.15, -0.1) is 0 Å². The Morgan fingerprint density at radius 2 is 1.83 bits per heavy atom. The summed E-state index contributed by atoms with van der Waals surface area (Å²) in [4.78, 5) is 14.5. The van der Waals surface area contributed by atoms with E-state index in [-0.39, 0.29) is 24.0 Å². The highest BCUT2D eigenvalue weighted by Gasteiger charge is 2.12. The number of nitrogens with zero attached hydrogens (tertiary/aromatic N) is 1. The number of benzene rings is 1. The molecule has 1 heterocycles. The molecule has 0 fully saturated rings. The number of aryl methyl sites for hydroxylation is 1. The van der Waals surface area contributed by atoms with Gasteiger partial charge in [0.2, 0.25) is 0 Å². The van der Waals surface area contributed by atoms with E-state index in [1.165, 1.54) is 0 Å². The fourth-order valence-corrected chi connectivity index (χ4v) is 2.50. The van der Waals surface area contributed by atoms with Gasteiger partial charge in [0.15, 0.2) is 6.29 Å². The molecule has 0 atom stereocenters. The molecule has 0 radical (unpaired) electrons. The Bertz CT molecular complexity index is 627. The molecule has 0 amide bonds. The van der Waals surface area contributed by atoms with E-state index < -0.39 is 0 Å². The molecule has 2 aromatic rings. The number of carbonyl (C=O) groups excluding carboxylic acids is 1. The van der Waals surface area contributed by atoms with Gasteiger partial charge in [0, 0.05) is 12.1 Å². The molecule has 0 unspecified atom stereocenters. The number of hydrogen-bond donors (Lipinski definition) is 1. The van der Waals surface area contributed by atoms with Gasteiger partial charge in [0.05, 0.1) is 40.5 Å². The molecule has 0 aliphatic rings. The molecule has 0 saturated carbocycles. The van der Waals surface area contributed by atoms with Gasteiger partial charge in [0.25, 0.3) is 0 Å². The monoisotopic (exact) mass is 428 g/mol. The molecule has 0 aliphatic heterocycles. The third-order valence-corrected chi connectivity index (χ3v) is 3.73. The summed E-state index contributed by atoms with van der Waals surface area (Å²) in [6.45, 7) is 1.08. The molecular weight excluding hydrogens is 403 g/mol. The van der Waals surface area contributed by atoms with Gasteiger partial charge in [-0.05, 0) is 47.9 Å². The Labute approximate surface area is 155 Å². The van der Waals surface area contributed by atoms with Crippen LogP contribution in [0.5, 0.6) is 5.75 Å². The second-order valence-electron chi connectivity index (χ2n) is 6.59. The van der Waals surface area contributed by atoms with E-state index in [1.807, 2.05) is 24.3 Å². The molecule has 23 heavy (non-hydrogen) atoms. The molecule has 0 aliphatic carbocycles. The lowest BCUT2D eigenvalue weighted by atomic mass is 10.1. The third-order valence-electron chi connectivity index (χ3n) is 3.73. The summed E-state index contributed by atoms with van der Waals surface area (Å²) in [5, 5.41) is 0. The quantitative estimate of drug-likeness (QED) is 0.388. The van der Waals surface area contributed by atoms with Crippen LogP contribution in [-0.2, 0) is 6.42 Å². The largest absolute Gasteiger partial charge is 1.00 e. The summed E-state index contributed by atoms with van der Waals surface area (Å²) in [5.41, 5.74) is 3.81. The molecule has 0 saturated heterocycles. The number of nitrogens with one attached hydrogen (secondary N) is 1. The number of methoxy groups -OCH3 is 1. The molecule has 1 N–H and O–H groups in total. The number of quaternary nitrogens is 1. The normalized spacial score (nSPS) is 11.0. The second-order valence-corrected chi connectivity index (χ2v) is 6.59. The van der Waals surface area contributed by atoms with Crippen molar-refractivity contribution in [3.05, 3.63) is 41.6 Å². The number of H-pyrrole nitrogens is 1. The van der Waals surface area contributed by atoms with Crippen molar-refractivity contribution in [3.8, 4) is 17.0 Å². The number of ether oxygens (including phenoxy) is 1. The molecule has 0 spiro atoms. The number of rotatable bonds is 7. The standard InChI is InChI=1S/C18H24N2O2.HI/c1-20(2,3)11-5-6-15-12-17(19-18(15)13-21)14-7-9-16(22-4)10-8-14;/h7-10,12-13H,5-6,11H2,1-4H3;1H. The van der Waals surface area contributed by atoms with Crippen molar-refractivity contribution in [1.29, 1.82) is 0 Å². The fourth-order valence-electron chi connectivity index (χ4n) is 2.50. The predicted molar refractivity (Wildman–Crippen MR) is 89.4 cm³/mol. The van der Waals surface area contributed by atoms with Crippen molar-refractivity contribution >= 4 is 6.29 Å². The van der Waals surface area contributed by atoms with Crippen molar-refractivity contribution in [3.63, 3.8) is 0 Å². The van der Waals surface area contributed by atoms with Crippen molar-refractivity contribution in [1.82, 2.24) is 4.98 Å². The van der Waals surface area contributed by atoms with Gasteiger partial charge in [-0.25, -0.2) is 0 Å². The number of aromatic nitrogens is 1. The van der Waals surface area contributed by atoms with Gasteiger partial charge < -0.3 is 38.2 Å². The average Bonchev–Trinajstić information content (AvgIpc) is 2.89. The van der Waals surface area contributed by atoms with Crippen LogP contribution in [0.1, 0.15) is 22.5 Å². The Balaban J connectivity index is 0.00000264. The summed E-state index contributed by atoms with van der Waals surface area (Å²) in [6.07, 6.45) is 2.88. The van der Waals surface area contributed by atoms with Crippen LogP contribution in [-0.4, -0.2) is 50.6 Å². The van der Waals surface area contributed by atoms with Crippen LogP contribution in [0.2, 0.25) is 0 Å². The molecule has 4 nitrogen and oxygen atoms in total. The number of hydrogen-bond acceptors (Lipinski definition) is 2. The van der Waals surface area contributed by atoms with Crippen molar-refractivity contribution < 1.29 is 38.0 Å². The molecule has 1 aromatic carbocycles. The van der Waals surface area contributed by atoms with Gasteiger partial charge in [-0.3, -0.25) is 4.79 Å². The lowest BCUT2D eigenvalue weighted by Crippen LogP contribution is -3.00. The van der Waals surface area contributed by atoms with E-state index in [0.717, 1.165) is 52.7 Å². The molecule has 5 heteroatoms. The summed E-state index contributed by atoms with van der Waals surface area (Å²) in [5.74, 6) is 0.828. The zero-order valence-corrected chi connectivity index (χ0v) is 16.4. The molecule has 1 aromatic heterocycles. The maximum absolute atomic E-state index is 11.3. The highest BCUT2D eigenvalue weighted by atomic mass is 127. The molecular formula is C18H25IN2O2. The Kier molecular flexibility index (Phi) is 7.28. The topological polar surface area (TPSA) is 42.1 Å². The van der Waals surface area contributed by atoms with Crippen molar-refractivity contribution in [2.45, 2.75) is 12.8 Å². The SMILES string of the molecule is COc1ccc(-c2cc(CCC[N+](C)(C)C)c(C=O)[nH]2)cc1.[I-]. The minimum absolute atomic E-state index is 0. The first-order valence-electron chi connectivity index (χ1n) is 7.55. The van der Waals surface area contributed by atoms with E-state index in [4.69, 9.17) is 4.74 Å². The number of carbonyl (C=O) groups is 1. The van der Waals surface area contributed by atoms with Crippen LogP contribution < -0.4 is 28.7 Å².